The maximum Gasteiger partial charge on any atom is 0.0892 e. The van der Waals surface area contributed by atoms with Crippen molar-refractivity contribution in [2.45, 2.75) is 19.8 Å². The van der Waals surface area contributed by atoms with Crippen LogP contribution in [0.3, 0.4) is 0 Å². The van der Waals surface area contributed by atoms with E-state index in [4.69, 9.17) is 22.1 Å². The molecule has 94 valence electrons. The summed E-state index contributed by atoms with van der Waals surface area (Å²) < 4.78 is 5.60. The first kappa shape index (κ1) is 13.0. The molecule has 2 aromatic rings. The van der Waals surface area contributed by atoms with Crippen molar-refractivity contribution >= 4 is 11.6 Å². The number of halogens is 1. The van der Waals surface area contributed by atoms with E-state index in [1.807, 2.05) is 42.5 Å². The Morgan fingerprint density at radius 3 is 2.61 bits per heavy atom. The molecule has 0 amide bonds. The number of nitrogens with two attached hydrogens (primary N) is 1. The van der Waals surface area contributed by atoms with Crippen molar-refractivity contribution < 1.29 is 4.74 Å². The molecule has 1 heterocycles. The number of nitrogens with zero attached hydrogens (tertiary/aromatic N) is 1. The first-order valence-electron chi connectivity index (χ1n) is 5.75. The lowest BCUT2D eigenvalue weighted by Crippen LogP contribution is -2.03. The lowest BCUT2D eigenvalue weighted by molar-refractivity contribution is 0.104. The Morgan fingerprint density at radius 2 is 1.83 bits per heavy atom. The van der Waals surface area contributed by atoms with Gasteiger partial charge in [0.25, 0.3) is 0 Å². The molecule has 1 aromatic heterocycles. The molecule has 0 atom stereocenters. The SMILES string of the molecule is NCc1cccc(COCc2cccc(Cl)c2)n1. The van der Waals surface area contributed by atoms with Crippen molar-refractivity contribution in [3.63, 3.8) is 0 Å². The summed E-state index contributed by atoms with van der Waals surface area (Å²) >= 11 is 5.90. The molecular formula is C14H15ClN2O. The standard InChI is InChI=1S/C14H15ClN2O/c15-12-4-1-3-11(7-12)9-18-10-14-6-2-5-13(8-16)17-14/h1-7H,8-10,16H2. The van der Waals surface area contributed by atoms with Gasteiger partial charge in [-0.3, -0.25) is 4.98 Å². The molecule has 0 saturated carbocycles. The Labute approximate surface area is 112 Å². The second-order valence-electron chi connectivity index (χ2n) is 3.95. The normalized spacial score (nSPS) is 10.6. The van der Waals surface area contributed by atoms with Gasteiger partial charge in [0.2, 0.25) is 0 Å². The average molecular weight is 263 g/mol. The predicted octanol–water partition coefficient (Wildman–Crippen LogP) is 2.91. The third kappa shape index (κ3) is 3.81. The molecule has 0 aliphatic carbocycles. The molecule has 0 aliphatic heterocycles. The molecule has 0 aliphatic rings. The van der Waals surface area contributed by atoms with E-state index in [-0.39, 0.29) is 0 Å². The maximum absolute atomic E-state index is 5.90. The van der Waals surface area contributed by atoms with Crippen LogP contribution in [0.2, 0.25) is 5.02 Å². The third-order valence-electron chi connectivity index (χ3n) is 2.48. The van der Waals surface area contributed by atoms with Gasteiger partial charge in [-0.05, 0) is 29.8 Å². The summed E-state index contributed by atoms with van der Waals surface area (Å²) in [5.41, 5.74) is 8.35. The molecule has 0 spiro atoms. The molecular weight excluding hydrogens is 248 g/mol. The molecule has 2 rings (SSSR count). The van der Waals surface area contributed by atoms with E-state index in [0.717, 1.165) is 22.0 Å². The largest absolute Gasteiger partial charge is 0.370 e. The van der Waals surface area contributed by atoms with Gasteiger partial charge in [0, 0.05) is 11.6 Å². The van der Waals surface area contributed by atoms with Crippen LogP contribution in [0, 0.1) is 0 Å². The monoisotopic (exact) mass is 262 g/mol. The number of benzene rings is 1. The van der Waals surface area contributed by atoms with Crippen molar-refractivity contribution in [2.24, 2.45) is 5.73 Å². The Hall–Kier alpha value is -1.42. The van der Waals surface area contributed by atoms with Crippen LogP contribution in [0.25, 0.3) is 0 Å². The lowest BCUT2D eigenvalue weighted by Gasteiger charge is -2.05. The number of ether oxygens (including phenoxy) is 1. The van der Waals surface area contributed by atoms with E-state index < -0.39 is 0 Å². The van der Waals surface area contributed by atoms with Gasteiger partial charge in [-0.2, -0.15) is 0 Å². The molecule has 0 saturated heterocycles. The minimum atomic E-state index is 0.447. The zero-order valence-corrected chi connectivity index (χ0v) is 10.7. The molecule has 1 aromatic carbocycles. The molecule has 0 bridgehead atoms. The van der Waals surface area contributed by atoms with Crippen LogP contribution in [0.4, 0.5) is 0 Å². The second-order valence-corrected chi connectivity index (χ2v) is 4.38. The van der Waals surface area contributed by atoms with Crippen LogP contribution in [-0.2, 0) is 24.5 Å². The second kappa shape index (κ2) is 6.50. The van der Waals surface area contributed by atoms with Gasteiger partial charge in [-0.25, -0.2) is 0 Å². The topological polar surface area (TPSA) is 48.1 Å². The van der Waals surface area contributed by atoms with Gasteiger partial charge in [0.1, 0.15) is 0 Å². The molecule has 0 radical (unpaired) electrons. The molecule has 0 unspecified atom stereocenters. The number of aromatic nitrogens is 1. The van der Waals surface area contributed by atoms with Crippen LogP contribution in [-0.4, -0.2) is 4.98 Å². The fraction of sp³-hybridized carbons (Fsp3) is 0.214. The minimum absolute atomic E-state index is 0.447. The van der Waals surface area contributed by atoms with Gasteiger partial charge in [-0.1, -0.05) is 29.8 Å². The van der Waals surface area contributed by atoms with Crippen LogP contribution in [0.5, 0.6) is 0 Å². The minimum Gasteiger partial charge on any atom is -0.370 e. The number of pyridine rings is 1. The first-order valence-corrected chi connectivity index (χ1v) is 6.13. The summed E-state index contributed by atoms with van der Waals surface area (Å²) in [5, 5.41) is 0.722. The Balaban J connectivity index is 1.88. The zero-order chi connectivity index (χ0) is 12.8. The Bertz CT molecular complexity index is 517. The highest BCUT2D eigenvalue weighted by Crippen LogP contribution is 2.12. The van der Waals surface area contributed by atoms with Crippen LogP contribution >= 0.6 is 11.6 Å². The lowest BCUT2D eigenvalue weighted by atomic mass is 10.2. The predicted molar refractivity (Wildman–Crippen MR) is 72.1 cm³/mol. The van der Waals surface area contributed by atoms with Gasteiger partial charge >= 0.3 is 0 Å². The van der Waals surface area contributed by atoms with E-state index in [2.05, 4.69) is 4.98 Å². The summed E-state index contributed by atoms with van der Waals surface area (Å²) in [6.07, 6.45) is 0. The fourth-order valence-electron chi connectivity index (χ4n) is 1.62. The first-order chi connectivity index (χ1) is 8.78. The molecule has 3 nitrogen and oxygen atoms in total. The van der Waals surface area contributed by atoms with Crippen molar-refractivity contribution in [1.29, 1.82) is 0 Å². The van der Waals surface area contributed by atoms with E-state index in [1.54, 1.807) is 0 Å². The van der Waals surface area contributed by atoms with E-state index in [9.17, 15) is 0 Å². The average Bonchev–Trinajstić information content (AvgIpc) is 2.39. The van der Waals surface area contributed by atoms with E-state index in [0.29, 0.717) is 19.8 Å². The number of hydrogen-bond acceptors (Lipinski definition) is 3. The van der Waals surface area contributed by atoms with Crippen molar-refractivity contribution in [2.75, 3.05) is 0 Å². The smallest absolute Gasteiger partial charge is 0.0892 e. The molecule has 2 N–H and O–H groups in total. The summed E-state index contributed by atoms with van der Waals surface area (Å²) in [6.45, 7) is 1.44. The van der Waals surface area contributed by atoms with E-state index in [1.165, 1.54) is 0 Å². The Kier molecular flexibility index (Phi) is 4.70. The quantitative estimate of drug-likeness (QED) is 0.901. The van der Waals surface area contributed by atoms with Crippen LogP contribution in [0.1, 0.15) is 17.0 Å². The van der Waals surface area contributed by atoms with Crippen molar-refractivity contribution in [3.8, 4) is 0 Å². The zero-order valence-electron chi connectivity index (χ0n) is 9.97. The maximum atomic E-state index is 5.90. The highest BCUT2D eigenvalue weighted by molar-refractivity contribution is 6.30. The fourth-order valence-corrected chi connectivity index (χ4v) is 1.84. The van der Waals surface area contributed by atoms with Crippen molar-refractivity contribution in [1.82, 2.24) is 4.98 Å². The highest BCUT2D eigenvalue weighted by Gasteiger charge is 1.98. The summed E-state index contributed by atoms with van der Waals surface area (Å²) in [6, 6.07) is 13.4. The summed E-state index contributed by atoms with van der Waals surface area (Å²) in [5.74, 6) is 0. The van der Waals surface area contributed by atoms with Gasteiger partial charge < -0.3 is 10.5 Å². The van der Waals surface area contributed by atoms with Gasteiger partial charge in [0.15, 0.2) is 0 Å². The highest BCUT2D eigenvalue weighted by atomic mass is 35.5. The van der Waals surface area contributed by atoms with Gasteiger partial charge in [0.05, 0.1) is 24.6 Å². The summed E-state index contributed by atoms with van der Waals surface area (Å²) in [4.78, 5) is 4.36. The Morgan fingerprint density at radius 1 is 1.06 bits per heavy atom. The molecule has 4 heteroatoms. The molecule has 0 fully saturated rings. The summed E-state index contributed by atoms with van der Waals surface area (Å²) in [7, 11) is 0. The number of hydrogen-bond donors (Lipinski definition) is 1. The van der Waals surface area contributed by atoms with Gasteiger partial charge in [-0.15, -0.1) is 0 Å². The molecule has 18 heavy (non-hydrogen) atoms. The number of rotatable bonds is 5. The van der Waals surface area contributed by atoms with Crippen LogP contribution in [0.15, 0.2) is 42.5 Å². The third-order valence-corrected chi connectivity index (χ3v) is 2.72. The van der Waals surface area contributed by atoms with E-state index >= 15 is 0 Å². The van der Waals surface area contributed by atoms with Crippen LogP contribution < -0.4 is 5.73 Å². The van der Waals surface area contributed by atoms with Crippen molar-refractivity contribution in [3.05, 3.63) is 64.4 Å².